The van der Waals surface area contributed by atoms with Crippen LogP contribution in [0.1, 0.15) is 18.9 Å². The van der Waals surface area contributed by atoms with Gasteiger partial charge in [0.25, 0.3) is 0 Å². The highest BCUT2D eigenvalue weighted by Crippen LogP contribution is 2.35. The van der Waals surface area contributed by atoms with Gasteiger partial charge in [0.1, 0.15) is 0 Å². The molecule has 0 bridgehead atoms. The van der Waals surface area contributed by atoms with Crippen molar-refractivity contribution in [2.45, 2.75) is 25.2 Å². The Balaban J connectivity index is 2.08. The largest absolute Gasteiger partial charge is 0.469 e. The molecule has 0 saturated carbocycles. The van der Waals surface area contributed by atoms with Gasteiger partial charge in [-0.25, -0.2) is 0 Å². The predicted octanol–water partition coefficient (Wildman–Crippen LogP) is 2.60. The summed E-state index contributed by atoms with van der Waals surface area (Å²) in [5, 5.41) is 0. The molecule has 0 N–H and O–H groups in total. The maximum atomic E-state index is 11.2. The molecule has 98 valence electrons. The average Bonchev–Trinajstić information content (AvgIpc) is 2.72. The molecule has 0 spiro atoms. The van der Waals surface area contributed by atoms with E-state index in [-0.39, 0.29) is 18.5 Å². The monoisotopic (exact) mass is 314 g/mol. The summed E-state index contributed by atoms with van der Waals surface area (Å²) in [6, 6.07) is 7.74. The fourth-order valence-corrected chi connectivity index (χ4v) is 2.33. The number of carbonyl (C=O) groups is 1. The molecule has 2 atom stereocenters. The third kappa shape index (κ3) is 2.91. The molecule has 0 amide bonds. The van der Waals surface area contributed by atoms with Crippen LogP contribution in [0, 0.1) is 0 Å². The zero-order valence-electron chi connectivity index (χ0n) is 10.3. The fraction of sp³-hybridized carbons (Fsp3) is 0.462. The van der Waals surface area contributed by atoms with E-state index in [9.17, 15) is 4.79 Å². The topological polar surface area (TPSA) is 44.8 Å². The molecule has 0 radical (unpaired) electrons. The summed E-state index contributed by atoms with van der Waals surface area (Å²) in [6.07, 6.45) is -0.0541. The number of halogens is 1. The number of rotatable bonds is 3. The van der Waals surface area contributed by atoms with Crippen molar-refractivity contribution in [2.75, 3.05) is 13.7 Å². The third-order valence-corrected chi connectivity index (χ3v) is 3.40. The van der Waals surface area contributed by atoms with E-state index in [0.29, 0.717) is 6.61 Å². The standard InChI is InChI=1S/C13H15BrO4/c1-13(9-4-3-5-10(14)6-9)17-8-11(18-13)7-12(15)16-2/h3-6,11H,7-8H2,1-2H3. The molecule has 2 rings (SSSR count). The Hall–Kier alpha value is -0.910. The van der Waals surface area contributed by atoms with Crippen LogP contribution in [-0.2, 0) is 24.8 Å². The van der Waals surface area contributed by atoms with Gasteiger partial charge in [-0.1, -0.05) is 28.1 Å². The zero-order valence-corrected chi connectivity index (χ0v) is 11.9. The summed E-state index contributed by atoms with van der Waals surface area (Å²) < 4.78 is 17.1. The van der Waals surface area contributed by atoms with Crippen LogP contribution in [-0.4, -0.2) is 25.8 Å². The van der Waals surface area contributed by atoms with Crippen molar-refractivity contribution in [1.82, 2.24) is 0 Å². The quantitative estimate of drug-likeness (QED) is 0.804. The van der Waals surface area contributed by atoms with Gasteiger partial charge in [0.2, 0.25) is 0 Å². The van der Waals surface area contributed by atoms with Crippen LogP contribution in [0.4, 0.5) is 0 Å². The summed E-state index contributed by atoms with van der Waals surface area (Å²) in [7, 11) is 1.37. The lowest BCUT2D eigenvalue weighted by atomic mass is 10.1. The van der Waals surface area contributed by atoms with Gasteiger partial charge < -0.3 is 14.2 Å². The molecule has 1 aliphatic heterocycles. The Morgan fingerprint density at radius 1 is 1.61 bits per heavy atom. The van der Waals surface area contributed by atoms with Crippen molar-refractivity contribution in [3.63, 3.8) is 0 Å². The predicted molar refractivity (Wildman–Crippen MR) is 69.0 cm³/mol. The van der Waals surface area contributed by atoms with Crippen molar-refractivity contribution >= 4 is 21.9 Å². The molecule has 5 heteroatoms. The molecule has 2 unspecified atom stereocenters. The lowest BCUT2D eigenvalue weighted by Crippen LogP contribution is -2.25. The van der Waals surface area contributed by atoms with Gasteiger partial charge in [-0.2, -0.15) is 0 Å². The summed E-state index contributed by atoms with van der Waals surface area (Å²) in [5.41, 5.74) is 0.921. The lowest BCUT2D eigenvalue weighted by molar-refractivity contribution is -0.166. The number of hydrogen-bond acceptors (Lipinski definition) is 4. The summed E-state index contributed by atoms with van der Waals surface area (Å²) in [6.45, 7) is 2.24. The second-order valence-electron chi connectivity index (χ2n) is 4.29. The normalized spacial score (nSPS) is 27.2. The van der Waals surface area contributed by atoms with Gasteiger partial charge in [0, 0.05) is 10.0 Å². The first kappa shape index (κ1) is 13.5. The zero-order chi connectivity index (χ0) is 13.2. The molecular formula is C13H15BrO4. The number of carbonyl (C=O) groups excluding carboxylic acids is 1. The average molecular weight is 315 g/mol. The maximum absolute atomic E-state index is 11.2. The van der Waals surface area contributed by atoms with E-state index in [1.54, 1.807) is 0 Å². The van der Waals surface area contributed by atoms with Crippen LogP contribution in [0.15, 0.2) is 28.7 Å². The third-order valence-electron chi connectivity index (χ3n) is 2.91. The molecule has 0 aliphatic carbocycles. The maximum Gasteiger partial charge on any atom is 0.308 e. The molecule has 4 nitrogen and oxygen atoms in total. The first-order chi connectivity index (χ1) is 8.53. The second-order valence-corrected chi connectivity index (χ2v) is 5.20. The Kier molecular flexibility index (Phi) is 4.04. The van der Waals surface area contributed by atoms with Crippen LogP contribution in [0.3, 0.4) is 0 Å². The van der Waals surface area contributed by atoms with Crippen molar-refractivity contribution < 1.29 is 19.0 Å². The molecule has 1 aromatic carbocycles. The van der Waals surface area contributed by atoms with E-state index in [1.165, 1.54) is 7.11 Å². The molecule has 1 heterocycles. The van der Waals surface area contributed by atoms with Crippen LogP contribution >= 0.6 is 15.9 Å². The minimum absolute atomic E-state index is 0.208. The Morgan fingerprint density at radius 3 is 3.06 bits per heavy atom. The van der Waals surface area contributed by atoms with Crippen molar-refractivity contribution in [3.05, 3.63) is 34.3 Å². The van der Waals surface area contributed by atoms with Gasteiger partial charge in [-0.05, 0) is 19.1 Å². The van der Waals surface area contributed by atoms with Crippen LogP contribution < -0.4 is 0 Å². The van der Waals surface area contributed by atoms with E-state index < -0.39 is 5.79 Å². The van der Waals surface area contributed by atoms with E-state index in [1.807, 2.05) is 31.2 Å². The van der Waals surface area contributed by atoms with Crippen molar-refractivity contribution in [1.29, 1.82) is 0 Å². The summed E-state index contributed by atoms with van der Waals surface area (Å²) >= 11 is 3.41. The summed E-state index contributed by atoms with van der Waals surface area (Å²) in [5.74, 6) is -1.09. The molecule has 1 aliphatic rings. The lowest BCUT2D eigenvalue weighted by Gasteiger charge is -2.23. The van der Waals surface area contributed by atoms with Gasteiger partial charge in [0.05, 0.1) is 26.2 Å². The minimum Gasteiger partial charge on any atom is -0.469 e. The Morgan fingerprint density at radius 2 is 2.39 bits per heavy atom. The minimum atomic E-state index is -0.803. The SMILES string of the molecule is COC(=O)CC1COC(C)(c2cccc(Br)c2)O1. The van der Waals surface area contributed by atoms with Crippen molar-refractivity contribution in [2.24, 2.45) is 0 Å². The van der Waals surface area contributed by atoms with E-state index in [2.05, 4.69) is 20.7 Å². The number of methoxy groups -OCH3 is 1. The first-order valence-corrected chi connectivity index (χ1v) is 6.47. The van der Waals surface area contributed by atoms with Gasteiger partial charge in [-0.15, -0.1) is 0 Å². The van der Waals surface area contributed by atoms with Crippen LogP contribution in [0.5, 0.6) is 0 Å². The molecule has 1 aromatic rings. The van der Waals surface area contributed by atoms with E-state index in [4.69, 9.17) is 9.47 Å². The number of ether oxygens (including phenoxy) is 3. The highest BCUT2D eigenvalue weighted by molar-refractivity contribution is 9.10. The first-order valence-electron chi connectivity index (χ1n) is 5.68. The van der Waals surface area contributed by atoms with Crippen LogP contribution in [0.2, 0.25) is 0 Å². The molecule has 18 heavy (non-hydrogen) atoms. The molecule has 1 fully saturated rings. The van der Waals surface area contributed by atoms with Gasteiger partial charge in [0.15, 0.2) is 5.79 Å². The highest BCUT2D eigenvalue weighted by Gasteiger charge is 2.39. The van der Waals surface area contributed by atoms with E-state index in [0.717, 1.165) is 10.0 Å². The second kappa shape index (κ2) is 5.38. The number of hydrogen-bond donors (Lipinski definition) is 0. The fourth-order valence-electron chi connectivity index (χ4n) is 1.93. The van der Waals surface area contributed by atoms with Gasteiger partial charge in [-0.3, -0.25) is 4.79 Å². The van der Waals surface area contributed by atoms with E-state index >= 15 is 0 Å². The molecule has 1 saturated heterocycles. The summed E-state index contributed by atoms with van der Waals surface area (Å²) in [4.78, 5) is 11.2. The number of benzene rings is 1. The molecular weight excluding hydrogens is 300 g/mol. The molecule has 0 aromatic heterocycles. The highest BCUT2D eigenvalue weighted by atomic mass is 79.9. The van der Waals surface area contributed by atoms with Gasteiger partial charge >= 0.3 is 5.97 Å². The number of esters is 1. The Bertz CT molecular complexity index is 448. The smallest absolute Gasteiger partial charge is 0.308 e. The van der Waals surface area contributed by atoms with Crippen LogP contribution in [0.25, 0.3) is 0 Å². The van der Waals surface area contributed by atoms with Crippen molar-refractivity contribution in [3.8, 4) is 0 Å². The Labute approximate surface area is 114 Å².